The lowest BCUT2D eigenvalue weighted by atomic mass is 9.90. The number of aliphatic hydroxyl groups is 1. The first kappa shape index (κ1) is 26.5. The summed E-state index contributed by atoms with van der Waals surface area (Å²) in [5.74, 6) is -0.228. The Morgan fingerprint density at radius 2 is 1.90 bits per heavy atom. The highest BCUT2D eigenvalue weighted by Gasteiger charge is 2.68. The van der Waals surface area contributed by atoms with Crippen LogP contribution in [0.4, 0.5) is 4.39 Å². The molecule has 6 unspecified atom stereocenters. The number of halogens is 1. The van der Waals surface area contributed by atoms with Gasteiger partial charge in [0.1, 0.15) is 5.82 Å². The van der Waals surface area contributed by atoms with E-state index in [2.05, 4.69) is 45.1 Å². The summed E-state index contributed by atoms with van der Waals surface area (Å²) >= 11 is 0. The molecule has 0 aliphatic heterocycles. The van der Waals surface area contributed by atoms with Gasteiger partial charge >= 0.3 is 5.97 Å². The van der Waals surface area contributed by atoms with Crippen molar-refractivity contribution in [1.82, 2.24) is 0 Å². The van der Waals surface area contributed by atoms with Gasteiger partial charge in [-0.3, -0.25) is 4.79 Å². The number of hydrogen-bond donors (Lipinski definition) is 2. The van der Waals surface area contributed by atoms with Crippen LogP contribution in [0.1, 0.15) is 62.3 Å². The summed E-state index contributed by atoms with van der Waals surface area (Å²) in [4.78, 5) is 11.5. The number of rotatable bonds is 9. The molecule has 5 heteroatoms. The predicted octanol–water partition coefficient (Wildman–Crippen LogP) is 6.94. The number of carboxylic acids is 1. The molecule has 206 valence electrons. The van der Waals surface area contributed by atoms with E-state index in [-0.39, 0.29) is 36.1 Å². The number of hydrogen-bond acceptors (Lipinski definition) is 3. The fourth-order valence-electron chi connectivity index (χ4n) is 7.58. The standard InChI is InChI=1S/C34H39FO4/c1-18-11-21(7-6-10-33(4,5)38)12-19(2)29(18)22-8-9-28(35)24(13-22)17-39-34-16-23-14-26-30(31(26)32(36)37)25(23)15-27(34)20(34)3/h8-9,11-13,15-16,20,26-27,30-31,38H,6-7,10,14,17H2,1-5H3,(H,36,37). The number of fused-ring (bicyclic) bond motifs is 4. The Labute approximate surface area is 230 Å². The molecule has 4 aliphatic rings. The highest BCUT2D eigenvalue weighted by Crippen LogP contribution is 2.68. The van der Waals surface area contributed by atoms with Gasteiger partial charge in [-0.15, -0.1) is 0 Å². The van der Waals surface area contributed by atoms with Crippen LogP contribution >= 0.6 is 0 Å². The summed E-state index contributed by atoms with van der Waals surface area (Å²) < 4.78 is 21.5. The first-order chi connectivity index (χ1) is 18.4. The topological polar surface area (TPSA) is 66.8 Å². The van der Waals surface area contributed by atoms with Gasteiger partial charge in [0, 0.05) is 17.4 Å². The minimum absolute atomic E-state index is 0.174. The zero-order chi connectivity index (χ0) is 27.9. The Morgan fingerprint density at radius 3 is 2.56 bits per heavy atom. The monoisotopic (exact) mass is 530 g/mol. The summed E-state index contributed by atoms with van der Waals surface area (Å²) in [6.07, 6.45) is 7.90. The smallest absolute Gasteiger partial charge is 0.307 e. The molecule has 39 heavy (non-hydrogen) atoms. The van der Waals surface area contributed by atoms with Crippen LogP contribution in [0.25, 0.3) is 11.1 Å². The first-order valence-electron chi connectivity index (χ1n) is 14.3. The Morgan fingerprint density at radius 1 is 1.18 bits per heavy atom. The third kappa shape index (κ3) is 4.58. The minimum Gasteiger partial charge on any atom is -0.481 e. The Balaban J connectivity index is 1.17. The van der Waals surface area contributed by atoms with Crippen LogP contribution in [-0.4, -0.2) is 27.4 Å². The van der Waals surface area contributed by atoms with Crippen LogP contribution < -0.4 is 0 Å². The van der Waals surface area contributed by atoms with Crippen LogP contribution in [0.15, 0.2) is 53.6 Å². The van der Waals surface area contributed by atoms with Crippen molar-refractivity contribution in [3.63, 3.8) is 0 Å². The SMILES string of the molecule is Cc1cc(CCCC(C)(C)O)cc(C)c1-c1ccc(F)c(COC23C=C4CC5C(C(=O)O)C5C4=CC2C3C)c1. The second kappa shape index (κ2) is 9.14. The number of aryl methyl sites for hydroxylation is 3. The second-order valence-electron chi connectivity index (χ2n) is 13.1. The number of allylic oxidation sites excluding steroid dienone is 2. The molecule has 0 aromatic heterocycles. The molecule has 0 spiro atoms. The lowest BCUT2D eigenvalue weighted by Gasteiger charge is -2.22. The maximum Gasteiger partial charge on any atom is 0.307 e. The van der Waals surface area contributed by atoms with E-state index in [1.165, 1.54) is 16.7 Å². The van der Waals surface area contributed by atoms with Gasteiger partial charge in [0.25, 0.3) is 0 Å². The Kier molecular flexibility index (Phi) is 6.20. The number of carbonyl (C=O) groups is 1. The molecule has 2 aromatic rings. The third-order valence-electron chi connectivity index (χ3n) is 9.72. The normalized spacial score (nSPS) is 30.2. The van der Waals surface area contributed by atoms with Gasteiger partial charge < -0.3 is 14.9 Å². The number of carboxylic acid groups (broad SMARTS) is 1. The maximum atomic E-state index is 15.0. The highest BCUT2D eigenvalue weighted by molar-refractivity contribution is 5.78. The van der Waals surface area contributed by atoms with Gasteiger partial charge in [0.15, 0.2) is 0 Å². The van der Waals surface area contributed by atoms with Crippen molar-refractivity contribution in [2.45, 2.75) is 78.1 Å². The average molecular weight is 531 g/mol. The summed E-state index contributed by atoms with van der Waals surface area (Å²) in [6.45, 7) is 10.3. The van der Waals surface area contributed by atoms with Crippen molar-refractivity contribution in [3.8, 4) is 11.1 Å². The minimum atomic E-state index is -0.678. The van der Waals surface area contributed by atoms with E-state index in [1.807, 2.05) is 26.0 Å². The van der Waals surface area contributed by atoms with Crippen LogP contribution in [0.5, 0.6) is 0 Å². The fraction of sp³-hybridized carbons (Fsp3) is 0.500. The van der Waals surface area contributed by atoms with E-state index in [0.29, 0.717) is 11.5 Å². The largest absolute Gasteiger partial charge is 0.481 e. The number of benzene rings is 2. The van der Waals surface area contributed by atoms with Crippen molar-refractivity contribution < 1.29 is 24.1 Å². The zero-order valence-corrected chi connectivity index (χ0v) is 23.6. The molecule has 4 nitrogen and oxygen atoms in total. The molecule has 6 rings (SSSR count). The van der Waals surface area contributed by atoms with Crippen molar-refractivity contribution in [1.29, 1.82) is 0 Å². The van der Waals surface area contributed by atoms with Crippen molar-refractivity contribution >= 4 is 5.97 Å². The molecule has 2 aromatic carbocycles. The summed E-state index contributed by atoms with van der Waals surface area (Å²) in [6, 6.07) is 9.74. The van der Waals surface area contributed by atoms with E-state index in [1.54, 1.807) is 6.07 Å². The Bertz CT molecular complexity index is 1390. The molecule has 0 bridgehead atoms. The summed E-state index contributed by atoms with van der Waals surface area (Å²) in [5.41, 5.74) is 7.67. The predicted molar refractivity (Wildman–Crippen MR) is 150 cm³/mol. The van der Waals surface area contributed by atoms with Crippen LogP contribution in [0.2, 0.25) is 0 Å². The summed E-state index contributed by atoms with van der Waals surface area (Å²) in [5, 5.41) is 19.5. The zero-order valence-electron chi connectivity index (χ0n) is 23.6. The first-order valence-corrected chi connectivity index (χ1v) is 14.3. The van der Waals surface area contributed by atoms with Crippen LogP contribution in [-0.2, 0) is 22.6 Å². The molecule has 2 N–H and O–H groups in total. The molecular weight excluding hydrogens is 491 g/mol. The molecular formula is C34H39FO4. The molecule has 6 atom stereocenters. The van der Waals surface area contributed by atoms with Gasteiger partial charge in [-0.25, -0.2) is 4.39 Å². The van der Waals surface area contributed by atoms with Crippen LogP contribution in [0.3, 0.4) is 0 Å². The lowest BCUT2D eigenvalue weighted by molar-refractivity contribution is -0.139. The van der Waals surface area contributed by atoms with E-state index in [9.17, 15) is 19.4 Å². The Hall–Kier alpha value is -2.76. The maximum absolute atomic E-state index is 15.0. The molecule has 0 radical (unpaired) electrons. The summed E-state index contributed by atoms with van der Waals surface area (Å²) in [7, 11) is 0. The molecule has 0 heterocycles. The molecule has 3 saturated carbocycles. The highest BCUT2D eigenvalue weighted by atomic mass is 19.1. The van der Waals surface area contributed by atoms with Crippen molar-refractivity contribution in [2.75, 3.05) is 0 Å². The molecule has 3 fully saturated rings. The van der Waals surface area contributed by atoms with E-state index in [0.717, 1.165) is 47.9 Å². The average Bonchev–Trinajstić information content (AvgIpc) is 3.65. The van der Waals surface area contributed by atoms with E-state index in [4.69, 9.17) is 4.74 Å². The second-order valence-corrected chi connectivity index (χ2v) is 13.1. The van der Waals surface area contributed by atoms with Gasteiger partial charge in [0.2, 0.25) is 0 Å². The van der Waals surface area contributed by atoms with Gasteiger partial charge in [-0.1, -0.05) is 31.2 Å². The third-order valence-corrected chi connectivity index (χ3v) is 9.72. The van der Waals surface area contributed by atoms with Crippen molar-refractivity contribution in [2.24, 2.45) is 29.6 Å². The number of ether oxygens (including phenoxy) is 1. The molecule has 0 saturated heterocycles. The fourth-order valence-corrected chi connectivity index (χ4v) is 7.58. The van der Waals surface area contributed by atoms with Gasteiger partial charge in [-0.2, -0.15) is 0 Å². The van der Waals surface area contributed by atoms with Crippen LogP contribution in [0, 0.1) is 49.3 Å². The van der Waals surface area contributed by atoms with Gasteiger partial charge in [0.05, 0.1) is 23.7 Å². The van der Waals surface area contributed by atoms with Crippen molar-refractivity contribution in [3.05, 3.63) is 81.7 Å². The quantitative estimate of drug-likeness (QED) is 0.369. The molecule has 4 aliphatic carbocycles. The lowest BCUT2D eigenvalue weighted by Crippen LogP contribution is -2.20. The molecule has 0 amide bonds. The van der Waals surface area contributed by atoms with Gasteiger partial charge in [-0.05, 0) is 122 Å². The van der Waals surface area contributed by atoms with E-state index >= 15 is 0 Å². The van der Waals surface area contributed by atoms with E-state index < -0.39 is 17.2 Å². The number of aliphatic carboxylic acids is 1.